The van der Waals surface area contributed by atoms with Gasteiger partial charge < -0.3 is 19.7 Å². The number of carbonyl (C=O) groups is 1. The number of aryl methyl sites for hydroxylation is 1. The largest absolute Gasteiger partial charge is 0.493 e. The number of benzene rings is 2. The highest BCUT2D eigenvalue weighted by Crippen LogP contribution is 2.33. The second-order valence-electron chi connectivity index (χ2n) is 8.74. The summed E-state index contributed by atoms with van der Waals surface area (Å²) < 4.78 is 10.7. The third-order valence-corrected chi connectivity index (χ3v) is 7.18. The predicted octanol–water partition coefficient (Wildman–Crippen LogP) is 4.47. The number of ether oxygens (including phenoxy) is 2. The van der Waals surface area contributed by atoms with Gasteiger partial charge in [-0.3, -0.25) is 9.69 Å². The van der Waals surface area contributed by atoms with Crippen LogP contribution in [-0.4, -0.2) is 69.3 Å². The lowest BCUT2D eigenvalue weighted by atomic mass is 10.2. The van der Waals surface area contributed by atoms with Crippen LogP contribution in [0.2, 0.25) is 0 Å². The summed E-state index contributed by atoms with van der Waals surface area (Å²) in [7, 11) is 3.21. The molecule has 1 saturated heterocycles. The van der Waals surface area contributed by atoms with Gasteiger partial charge >= 0.3 is 0 Å². The second-order valence-corrected chi connectivity index (χ2v) is 9.60. The number of carbonyl (C=O) groups excluding carboxylic acids is 1. The Labute approximate surface area is 211 Å². The van der Waals surface area contributed by atoms with Crippen molar-refractivity contribution in [1.29, 1.82) is 0 Å². The molecule has 7 nitrogen and oxygen atoms in total. The maximum atomic E-state index is 12.5. The summed E-state index contributed by atoms with van der Waals surface area (Å²) in [6, 6.07) is 14.4. The average molecular weight is 495 g/mol. The lowest BCUT2D eigenvalue weighted by Gasteiger charge is -2.36. The molecule has 0 unspecified atom stereocenters. The Bertz CT molecular complexity index is 1130. The monoisotopic (exact) mass is 494 g/mol. The normalized spacial score (nSPS) is 14.1. The first kappa shape index (κ1) is 25.0. The number of methoxy groups -OCH3 is 2. The summed E-state index contributed by atoms with van der Waals surface area (Å²) >= 11 is 1.45. The van der Waals surface area contributed by atoms with Gasteiger partial charge in [0, 0.05) is 49.4 Å². The summed E-state index contributed by atoms with van der Waals surface area (Å²) in [5.74, 6) is 1.18. The fourth-order valence-corrected chi connectivity index (χ4v) is 5.08. The molecule has 4 rings (SSSR count). The Kier molecular flexibility index (Phi) is 8.60. The maximum absolute atomic E-state index is 12.5. The van der Waals surface area contributed by atoms with Crippen LogP contribution in [0.3, 0.4) is 0 Å². The molecule has 2 aromatic carbocycles. The van der Waals surface area contributed by atoms with E-state index in [0.717, 1.165) is 56.1 Å². The van der Waals surface area contributed by atoms with E-state index in [1.165, 1.54) is 22.6 Å². The molecule has 1 N–H and O–H groups in total. The molecule has 8 heteroatoms. The molecule has 3 aromatic rings. The number of thiazole rings is 1. The van der Waals surface area contributed by atoms with Gasteiger partial charge in [0.25, 0.3) is 5.91 Å². The quantitative estimate of drug-likeness (QED) is 0.420. The van der Waals surface area contributed by atoms with Crippen molar-refractivity contribution in [2.45, 2.75) is 19.8 Å². The topological polar surface area (TPSA) is 66.9 Å². The molecule has 0 bridgehead atoms. The third kappa shape index (κ3) is 6.52. The van der Waals surface area contributed by atoms with Crippen LogP contribution < -0.4 is 19.7 Å². The maximum Gasteiger partial charge on any atom is 0.270 e. The number of anilines is 1. The fraction of sp³-hybridized carbons (Fsp3) is 0.407. The van der Waals surface area contributed by atoms with E-state index in [1.807, 2.05) is 18.2 Å². The molecule has 0 radical (unpaired) electrons. The van der Waals surface area contributed by atoms with Crippen LogP contribution >= 0.6 is 11.3 Å². The summed E-state index contributed by atoms with van der Waals surface area (Å²) in [5, 5.41) is 5.59. The van der Waals surface area contributed by atoms with Crippen molar-refractivity contribution in [3.8, 4) is 22.1 Å². The van der Waals surface area contributed by atoms with Crippen LogP contribution in [0.1, 0.15) is 28.9 Å². The zero-order valence-electron chi connectivity index (χ0n) is 20.8. The highest BCUT2D eigenvalue weighted by Gasteiger charge is 2.17. The first-order valence-electron chi connectivity index (χ1n) is 12.1. The number of hydrogen-bond donors (Lipinski definition) is 1. The van der Waals surface area contributed by atoms with E-state index in [1.54, 1.807) is 19.6 Å². The van der Waals surface area contributed by atoms with E-state index >= 15 is 0 Å². The third-order valence-electron chi connectivity index (χ3n) is 6.29. The molecule has 0 aliphatic carbocycles. The average Bonchev–Trinajstić information content (AvgIpc) is 3.39. The molecule has 186 valence electrons. The van der Waals surface area contributed by atoms with E-state index in [-0.39, 0.29) is 5.91 Å². The summed E-state index contributed by atoms with van der Waals surface area (Å²) in [6.45, 7) is 8.15. The fourth-order valence-electron chi connectivity index (χ4n) is 4.29. The van der Waals surface area contributed by atoms with Gasteiger partial charge in [-0.2, -0.15) is 0 Å². The van der Waals surface area contributed by atoms with Crippen LogP contribution in [0.4, 0.5) is 5.69 Å². The molecule has 0 saturated carbocycles. The Morgan fingerprint density at radius 3 is 2.57 bits per heavy atom. The Hall–Kier alpha value is -3.10. The van der Waals surface area contributed by atoms with E-state index in [9.17, 15) is 4.79 Å². The van der Waals surface area contributed by atoms with Crippen molar-refractivity contribution in [2.24, 2.45) is 0 Å². The van der Waals surface area contributed by atoms with Crippen molar-refractivity contribution in [2.75, 3.05) is 58.4 Å². The zero-order chi connectivity index (χ0) is 24.6. The number of hydrogen-bond acceptors (Lipinski definition) is 7. The highest BCUT2D eigenvalue weighted by molar-refractivity contribution is 7.13. The van der Waals surface area contributed by atoms with Gasteiger partial charge in [0.2, 0.25) is 0 Å². The molecule has 0 spiro atoms. The van der Waals surface area contributed by atoms with Gasteiger partial charge in [0.1, 0.15) is 10.7 Å². The van der Waals surface area contributed by atoms with Crippen molar-refractivity contribution < 1.29 is 14.3 Å². The van der Waals surface area contributed by atoms with Crippen molar-refractivity contribution in [3.63, 3.8) is 0 Å². The number of rotatable bonds is 10. The van der Waals surface area contributed by atoms with Gasteiger partial charge in [-0.25, -0.2) is 4.98 Å². The van der Waals surface area contributed by atoms with Crippen LogP contribution in [-0.2, 0) is 0 Å². The summed E-state index contributed by atoms with van der Waals surface area (Å²) in [5.41, 5.74) is 3.98. The number of unbranched alkanes of at least 4 members (excludes halogenated alkanes) is 1. The van der Waals surface area contributed by atoms with Crippen LogP contribution in [0.15, 0.2) is 47.8 Å². The van der Waals surface area contributed by atoms with Gasteiger partial charge in [0.15, 0.2) is 11.5 Å². The number of nitrogens with zero attached hydrogens (tertiary/aromatic N) is 3. The SMILES string of the molecule is COc1ccc(-c2nc(C(=O)NCCCCN3CCN(c4cccc(C)c4)CC3)cs2)cc1OC. The number of nitrogens with one attached hydrogen (secondary N) is 1. The molecule has 1 amide bonds. The molecule has 2 heterocycles. The molecule has 0 atom stereocenters. The first-order valence-corrected chi connectivity index (χ1v) is 13.0. The minimum absolute atomic E-state index is 0.125. The summed E-state index contributed by atoms with van der Waals surface area (Å²) in [4.78, 5) is 22.0. The lowest BCUT2D eigenvalue weighted by molar-refractivity contribution is 0.0948. The van der Waals surface area contributed by atoms with Crippen molar-refractivity contribution in [3.05, 3.63) is 59.1 Å². The minimum Gasteiger partial charge on any atom is -0.493 e. The molecule has 1 aliphatic heterocycles. The van der Waals surface area contributed by atoms with Crippen LogP contribution in [0.25, 0.3) is 10.6 Å². The first-order chi connectivity index (χ1) is 17.1. The molecular weight excluding hydrogens is 460 g/mol. The molecule has 1 fully saturated rings. The van der Waals surface area contributed by atoms with Gasteiger partial charge in [-0.05, 0) is 62.2 Å². The van der Waals surface area contributed by atoms with Crippen molar-refractivity contribution in [1.82, 2.24) is 15.2 Å². The Morgan fingerprint density at radius 2 is 1.83 bits per heavy atom. The van der Waals surface area contributed by atoms with E-state index < -0.39 is 0 Å². The van der Waals surface area contributed by atoms with Crippen LogP contribution in [0, 0.1) is 6.92 Å². The van der Waals surface area contributed by atoms with E-state index in [2.05, 4.69) is 51.3 Å². The molecule has 1 aliphatic rings. The highest BCUT2D eigenvalue weighted by atomic mass is 32.1. The zero-order valence-corrected chi connectivity index (χ0v) is 21.6. The Balaban J connectivity index is 1.17. The molecule has 35 heavy (non-hydrogen) atoms. The Morgan fingerprint density at radius 1 is 1.03 bits per heavy atom. The van der Waals surface area contributed by atoms with Gasteiger partial charge in [-0.15, -0.1) is 11.3 Å². The van der Waals surface area contributed by atoms with E-state index in [4.69, 9.17) is 9.47 Å². The summed E-state index contributed by atoms with van der Waals surface area (Å²) in [6.07, 6.45) is 2.02. The lowest BCUT2D eigenvalue weighted by Crippen LogP contribution is -2.46. The van der Waals surface area contributed by atoms with E-state index in [0.29, 0.717) is 23.7 Å². The minimum atomic E-state index is -0.125. The van der Waals surface area contributed by atoms with Gasteiger partial charge in [-0.1, -0.05) is 12.1 Å². The smallest absolute Gasteiger partial charge is 0.270 e. The molecule has 1 aromatic heterocycles. The number of aromatic nitrogens is 1. The number of piperazine rings is 1. The van der Waals surface area contributed by atoms with Gasteiger partial charge in [0.05, 0.1) is 14.2 Å². The van der Waals surface area contributed by atoms with Crippen molar-refractivity contribution >= 4 is 22.9 Å². The predicted molar refractivity (Wildman–Crippen MR) is 142 cm³/mol. The number of amides is 1. The standard InChI is InChI=1S/C27H34N4O3S/c1-20-7-6-8-22(17-20)31-15-13-30(14-16-31)12-5-4-11-28-26(32)23-19-35-27(29-23)21-9-10-24(33-2)25(18-21)34-3/h6-10,17-19H,4-5,11-16H2,1-3H3,(H,28,32). The molecular formula is C27H34N4O3S. The second kappa shape index (κ2) is 12.0. The van der Waals surface area contributed by atoms with Crippen LogP contribution in [0.5, 0.6) is 11.5 Å².